The molecule has 1 N–H and O–H groups in total. The summed E-state index contributed by atoms with van der Waals surface area (Å²) in [6.07, 6.45) is -0.553. The SMILES string of the molecule is CC(C)(C)OC(=O)Nc1cccc(Oc2cc(Cl)nc(Cl)n2)c1. The number of nitrogens with one attached hydrogen (secondary N) is 1. The zero-order chi connectivity index (χ0) is 17.0. The first kappa shape index (κ1) is 17.3. The number of amides is 1. The van der Waals surface area contributed by atoms with Gasteiger partial charge in [-0.1, -0.05) is 17.7 Å². The summed E-state index contributed by atoms with van der Waals surface area (Å²) in [5.41, 5.74) is -0.0601. The van der Waals surface area contributed by atoms with Crippen molar-refractivity contribution in [2.45, 2.75) is 26.4 Å². The van der Waals surface area contributed by atoms with Crippen molar-refractivity contribution in [3.63, 3.8) is 0 Å². The van der Waals surface area contributed by atoms with Crippen LogP contribution in [0.1, 0.15) is 20.8 Å². The van der Waals surface area contributed by atoms with Gasteiger partial charge in [-0.3, -0.25) is 5.32 Å². The second kappa shape index (κ2) is 7.02. The molecule has 8 heteroatoms. The van der Waals surface area contributed by atoms with E-state index in [4.69, 9.17) is 32.7 Å². The molecule has 2 aromatic rings. The number of rotatable bonds is 3. The Kier molecular flexibility index (Phi) is 5.28. The lowest BCUT2D eigenvalue weighted by Crippen LogP contribution is -2.27. The van der Waals surface area contributed by atoms with E-state index in [0.29, 0.717) is 11.4 Å². The van der Waals surface area contributed by atoms with Crippen LogP contribution in [-0.2, 0) is 4.74 Å². The molecule has 0 saturated heterocycles. The molecule has 0 spiro atoms. The van der Waals surface area contributed by atoms with E-state index in [-0.39, 0.29) is 16.3 Å². The third-order valence-corrected chi connectivity index (χ3v) is 2.71. The molecule has 0 atom stereocenters. The maximum Gasteiger partial charge on any atom is 0.412 e. The number of aromatic nitrogens is 2. The van der Waals surface area contributed by atoms with Crippen LogP contribution in [0.4, 0.5) is 10.5 Å². The molecule has 0 aliphatic heterocycles. The topological polar surface area (TPSA) is 73.3 Å². The summed E-state index contributed by atoms with van der Waals surface area (Å²) in [5, 5.41) is 2.77. The van der Waals surface area contributed by atoms with Crippen LogP contribution in [-0.4, -0.2) is 21.7 Å². The van der Waals surface area contributed by atoms with Crippen molar-refractivity contribution in [1.82, 2.24) is 9.97 Å². The van der Waals surface area contributed by atoms with Gasteiger partial charge in [-0.05, 0) is 44.5 Å². The third-order valence-electron chi connectivity index (χ3n) is 2.35. The number of ether oxygens (including phenoxy) is 2. The Balaban J connectivity index is 2.09. The van der Waals surface area contributed by atoms with Crippen molar-refractivity contribution in [2.75, 3.05) is 5.32 Å². The van der Waals surface area contributed by atoms with E-state index in [1.54, 1.807) is 45.0 Å². The fourth-order valence-electron chi connectivity index (χ4n) is 1.60. The lowest BCUT2D eigenvalue weighted by atomic mass is 10.2. The first-order valence-corrected chi connectivity index (χ1v) is 7.45. The van der Waals surface area contributed by atoms with Crippen LogP contribution in [0.15, 0.2) is 30.3 Å². The van der Waals surface area contributed by atoms with E-state index in [1.165, 1.54) is 6.07 Å². The molecule has 122 valence electrons. The minimum Gasteiger partial charge on any atom is -0.444 e. The second-order valence-corrected chi connectivity index (χ2v) is 6.28. The number of carbonyl (C=O) groups excluding carboxylic acids is 1. The van der Waals surface area contributed by atoms with Gasteiger partial charge in [0, 0.05) is 17.8 Å². The lowest BCUT2D eigenvalue weighted by Gasteiger charge is -2.19. The average molecular weight is 356 g/mol. The maximum atomic E-state index is 11.8. The molecule has 1 aromatic carbocycles. The highest BCUT2D eigenvalue weighted by Crippen LogP contribution is 2.25. The van der Waals surface area contributed by atoms with Gasteiger partial charge in [-0.25, -0.2) is 9.78 Å². The summed E-state index contributed by atoms with van der Waals surface area (Å²) >= 11 is 11.5. The molecule has 1 aromatic heterocycles. The molecular weight excluding hydrogens is 341 g/mol. The van der Waals surface area contributed by atoms with E-state index in [2.05, 4.69) is 15.3 Å². The van der Waals surface area contributed by atoms with Gasteiger partial charge in [0.2, 0.25) is 11.2 Å². The smallest absolute Gasteiger partial charge is 0.412 e. The molecular formula is C15H15Cl2N3O3. The minimum atomic E-state index is -0.577. The van der Waals surface area contributed by atoms with Gasteiger partial charge >= 0.3 is 6.09 Å². The summed E-state index contributed by atoms with van der Waals surface area (Å²) in [7, 11) is 0. The summed E-state index contributed by atoms with van der Waals surface area (Å²) < 4.78 is 10.7. The average Bonchev–Trinajstić information content (AvgIpc) is 2.35. The van der Waals surface area contributed by atoms with Gasteiger partial charge in [0.1, 0.15) is 16.5 Å². The predicted octanol–water partition coefficient (Wildman–Crippen LogP) is 4.92. The van der Waals surface area contributed by atoms with Gasteiger partial charge in [-0.2, -0.15) is 4.98 Å². The van der Waals surface area contributed by atoms with E-state index in [9.17, 15) is 4.79 Å². The summed E-state index contributed by atoms with van der Waals surface area (Å²) in [4.78, 5) is 19.4. The Bertz CT molecular complexity index is 697. The molecule has 2 rings (SSSR count). The van der Waals surface area contributed by atoms with Crippen molar-refractivity contribution >= 4 is 35.0 Å². The highest BCUT2D eigenvalue weighted by molar-refractivity contribution is 6.31. The molecule has 1 amide bonds. The van der Waals surface area contributed by atoms with Crippen LogP contribution >= 0.6 is 23.2 Å². The largest absolute Gasteiger partial charge is 0.444 e. The van der Waals surface area contributed by atoms with E-state index < -0.39 is 11.7 Å². The first-order chi connectivity index (χ1) is 10.7. The fraction of sp³-hybridized carbons (Fsp3) is 0.267. The monoisotopic (exact) mass is 355 g/mol. The van der Waals surface area contributed by atoms with Crippen LogP contribution in [0.25, 0.3) is 0 Å². The van der Waals surface area contributed by atoms with Gasteiger partial charge in [0.25, 0.3) is 0 Å². The number of benzene rings is 1. The van der Waals surface area contributed by atoms with Crippen LogP contribution in [0.5, 0.6) is 11.6 Å². The number of anilines is 1. The van der Waals surface area contributed by atoms with Gasteiger partial charge in [0.05, 0.1) is 0 Å². The van der Waals surface area contributed by atoms with Crippen LogP contribution in [0.3, 0.4) is 0 Å². The third kappa shape index (κ3) is 5.92. The molecule has 0 fully saturated rings. The van der Waals surface area contributed by atoms with E-state index in [0.717, 1.165) is 0 Å². The molecule has 0 aliphatic carbocycles. The first-order valence-electron chi connectivity index (χ1n) is 6.69. The number of halogens is 2. The maximum absolute atomic E-state index is 11.8. The Morgan fingerprint density at radius 3 is 2.57 bits per heavy atom. The lowest BCUT2D eigenvalue weighted by molar-refractivity contribution is 0.0636. The Labute approximate surface area is 143 Å². The molecule has 0 radical (unpaired) electrons. The quantitative estimate of drug-likeness (QED) is 0.624. The van der Waals surface area contributed by atoms with Crippen molar-refractivity contribution in [2.24, 2.45) is 0 Å². The van der Waals surface area contributed by atoms with Gasteiger partial charge in [-0.15, -0.1) is 0 Å². The fourth-order valence-corrected chi connectivity index (χ4v) is 1.99. The molecule has 0 bridgehead atoms. The molecule has 1 heterocycles. The molecule has 0 aliphatic rings. The second-order valence-electron chi connectivity index (χ2n) is 5.55. The molecule has 6 nitrogen and oxygen atoms in total. The number of carbonyl (C=O) groups is 1. The van der Waals surface area contributed by atoms with Crippen molar-refractivity contribution < 1.29 is 14.3 Å². The highest BCUT2D eigenvalue weighted by atomic mass is 35.5. The Morgan fingerprint density at radius 1 is 1.17 bits per heavy atom. The predicted molar refractivity (Wildman–Crippen MR) is 88.4 cm³/mol. The molecule has 23 heavy (non-hydrogen) atoms. The van der Waals surface area contributed by atoms with E-state index >= 15 is 0 Å². The zero-order valence-electron chi connectivity index (χ0n) is 12.8. The summed E-state index contributed by atoms with van der Waals surface area (Å²) in [6, 6.07) is 8.17. The van der Waals surface area contributed by atoms with Gasteiger partial charge in [0.15, 0.2) is 0 Å². The van der Waals surface area contributed by atoms with Crippen LogP contribution < -0.4 is 10.1 Å². The van der Waals surface area contributed by atoms with Crippen molar-refractivity contribution in [3.8, 4) is 11.6 Å². The zero-order valence-corrected chi connectivity index (χ0v) is 14.3. The number of nitrogens with zero attached hydrogens (tertiary/aromatic N) is 2. The standard InChI is InChI=1S/C15H15Cl2N3O3/c1-15(2,3)23-14(21)18-9-5-4-6-10(7-9)22-12-8-11(16)19-13(17)20-12/h4-8H,1-3H3,(H,18,21). The van der Waals surface area contributed by atoms with E-state index in [1.807, 2.05) is 0 Å². The van der Waals surface area contributed by atoms with Crippen molar-refractivity contribution in [3.05, 3.63) is 40.8 Å². The Morgan fingerprint density at radius 2 is 1.91 bits per heavy atom. The molecule has 0 unspecified atom stereocenters. The highest BCUT2D eigenvalue weighted by Gasteiger charge is 2.16. The van der Waals surface area contributed by atoms with Crippen molar-refractivity contribution in [1.29, 1.82) is 0 Å². The van der Waals surface area contributed by atoms with Gasteiger partial charge < -0.3 is 9.47 Å². The Hall–Kier alpha value is -2.05. The summed E-state index contributed by atoms with van der Waals surface area (Å²) in [6.45, 7) is 5.36. The minimum absolute atomic E-state index is 0.0180. The molecule has 0 saturated carbocycles. The summed E-state index contributed by atoms with van der Waals surface area (Å²) in [5.74, 6) is 0.647. The normalized spacial score (nSPS) is 11.0. The van der Waals surface area contributed by atoms with Crippen LogP contribution in [0.2, 0.25) is 10.4 Å². The number of hydrogen-bond donors (Lipinski definition) is 1. The van der Waals surface area contributed by atoms with Crippen LogP contribution in [0, 0.1) is 0 Å². The number of hydrogen-bond acceptors (Lipinski definition) is 5.